The van der Waals surface area contributed by atoms with E-state index in [-0.39, 0.29) is 23.0 Å². The van der Waals surface area contributed by atoms with Crippen LogP contribution in [0.4, 0.5) is 5.00 Å². The first-order valence-electron chi connectivity index (χ1n) is 4.83. The van der Waals surface area contributed by atoms with E-state index in [0.29, 0.717) is 11.3 Å². The Labute approximate surface area is 104 Å². The van der Waals surface area contributed by atoms with Gasteiger partial charge in [0.25, 0.3) is 5.91 Å². The van der Waals surface area contributed by atoms with Crippen LogP contribution in [0.25, 0.3) is 0 Å². The number of rotatable bonds is 2. The van der Waals surface area contributed by atoms with Gasteiger partial charge < -0.3 is 4.90 Å². The van der Waals surface area contributed by atoms with Crippen molar-refractivity contribution in [2.24, 2.45) is 0 Å². The largest absolute Gasteiger partial charge is 0.324 e. The van der Waals surface area contributed by atoms with Crippen LogP contribution in [-0.2, 0) is 9.59 Å². The smallest absolute Gasteiger partial charge is 0.319 e. The highest BCUT2D eigenvalue weighted by Crippen LogP contribution is 2.25. The van der Waals surface area contributed by atoms with E-state index >= 15 is 0 Å². The third-order valence-corrected chi connectivity index (χ3v) is 3.24. The monoisotopic (exact) mass is 269 g/mol. The predicted octanol–water partition coefficient (Wildman–Crippen LogP) is -0.245. The van der Waals surface area contributed by atoms with Crippen molar-refractivity contribution in [3.8, 4) is 0 Å². The maximum atomic E-state index is 11.9. The van der Waals surface area contributed by atoms with Gasteiger partial charge in [0.1, 0.15) is 13.1 Å². The Hall–Kier alpha value is -2.29. The van der Waals surface area contributed by atoms with Crippen molar-refractivity contribution in [3.63, 3.8) is 0 Å². The second-order valence-corrected chi connectivity index (χ2v) is 4.59. The molecule has 0 unspecified atom stereocenters. The second kappa shape index (κ2) is 4.53. The highest BCUT2D eigenvalue weighted by atomic mass is 32.1. The Morgan fingerprint density at radius 3 is 2.44 bits per heavy atom. The van der Waals surface area contributed by atoms with Crippen LogP contribution in [0, 0.1) is 10.1 Å². The summed E-state index contributed by atoms with van der Waals surface area (Å²) >= 11 is 0.712. The number of hydrogen-bond donors (Lipinski definition) is 1. The number of amides is 3. The molecule has 0 aliphatic carbocycles. The van der Waals surface area contributed by atoms with Gasteiger partial charge in [0.2, 0.25) is 11.8 Å². The standard InChI is InChI=1S/C9H7N3O5S/c13-6-3-11(4-7(14)10-6)9(15)5-1-2-8(18-5)12(16)17/h1-2H,3-4H2,(H,10,13,14). The predicted molar refractivity (Wildman–Crippen MR) is 60.0 cm³/mol. The van der Waals surface area contributed by atoms with Crippen LogP contribution in [-0.4, -0.2) is 40.6 Å². The number of carbonyl (C=O) groups is 3. The molecule has 2 heterocycles. The SMILES string of the molecule is O=C1CN(C(=O)c2ccc([N+](=O)[O-])s2)CC(=O)N1. The molecular weight excluding hydrogens is 262 g/mol. The fourth-order valence-electron chi connectivity index (χ4n) is 1.48. The van der Waals surface area contributed by atoms with Crippen LogP contribution in [0.2, 0.25) is 0 Å². The minimum atomic E-state index is -0.602. The van der Waals surface area contributed by atoms with Crippen LogP contribution in [0.5, 0.6) is 0 Å². The molecule has 94 valence electrons. The minimum absolute atomic E-state index is 0.129. The molecule has 8 nitrogen and oxygen atoms in total. The molecule has 1 aromatic heterocycles. The zero-order valence-electron chi connectivity index (χ0n) is 8.91. The van der Waals surface area contributed by atoms with Crippen LogP contribution in [0.1, 0.15) is 9.67 Å². The van der Waals surface area contributed by atoms with Gasteiger partial charge in [0.15, 0.2) is 0 Å². The highest BCUT2D eigenvalue weighted by Gasteiger charge is 2.28. The molecule has 0 spiro atoms. The summed E-state index contributed by atoms with van der Waals surface area (Å²) in [6, 6.07) is 2.52. The van der Waals surface area contributed by atoms with Crippen molar-refractivity contribution in [3.05, 3.63) is 27.1 Å². The summed E-state index contributed by atoms with van der Waals surface area (Å²) in [7, 11) is 0. The van der Waals surface area contributed by atoms with E-state index in [9.17, 15) is 24.5 Å². The van der Waals surface area contributed by atoms with Crippen LogP contribution in [0.3, 0.4) is 0 Å². The van der Waals surface area contributed by atoms with Crippen molar-refractivity contribution >= 4 is 34.1 Å². The topological polar surface area (TPSA) is 110 Å². The number of nitrogens with one attached hydrogen (secondary N) is 1. The van der Waals surface area contributed by atoms with Crippen LogP contribution < -0.4 is 5.32 Å². The van der Waals surface area contributed by atoms with Gasteiger partial charge in [-0.15, -0.1) is 0 Å². The third kappa shape index (κ3) is 2.35. The molecule has 9 heteroatoms. The molecule has 2 rings (SSSR count). The summed E-state index contributed by atoms with van der Waals surface area (Å²) in [5, 5.41) is 12.4. The molecule has 1 N–H and O–H groups in total. The van der Waals surface area contributed by atoms with Gasteiger partial charge >= 0.3 is 5.00 Å². The van der Waals surface area contributed by atoms with Crippen molar-refractivity contribution in [1.82, 2.24) is 10.2 Å². The summed E-state index contributed by atoms with van der Waals surface area (Å²) < 4.78 is 0. The molecule has 0 atom stereocenters. The molecule has 18 heavy (non-hydrogen) atoms. The lowest BCUT2D eigenvalue weighted by Crippen LogP contribution is -2.53. The lowest BCUT2D eigenvalue weighted by atomic mass is 10.3. The number of nitro groups is 1. The van der Waals surface area contributed by atoms with E-state index in [1.165, 1.54) is 12.1 Å². The molecule has 1 aromatic rings. The summed E-state index contributed by atoms with van der Waals surface area (Å²) in [5.41, 5.74) is 0. The number of hydrogen-bond acceptors (Lipinski definition) is 6. The Balaban J connectivity index is 2.17. The van der Waals surface area contributed by atoms with Crippen LogP contribution in [0.15, 0.2) is 12.1 Å². The Morgan fingerprint density at radius 1 is 1.33 bits per heavy atom. The van der Waals surface area contributed by atoms with E-state index in [2.05, 4.69) is 5.32 Å². The van der Waals surface area contributed by atoms with Gasteiger partial charge in [0.05, 0.1) is 9.80 Å². The molecule has 3 amide bonds. The van der Waals surface area contributed by atoms with Gasteiger partial charge in [-0.3, -0.25) is 29.8 Å². The summed E-state index contributed by atoms with van der Waals surface area (Å²) in [6.07, 6.45) is 0. The molecule has 0 aromatic carbocycles. The Bertz CT molecular complexity index is 536. The van der Waals surface area contributed by atoms with E-state index < -0.39 is 22.6 Å². The third-order valence-electron chi connectivity index (χ3n) is 2.22. The first-order chi connectivity index (χ1) is 8.47. The van der Waals surface area contributed by atoms with E-state index in [0.717, 1.165) is 4.90 Å². The first kappa shape index (κ1) is 12.2. The average molecular weight is 269 g/mol. The molecule has 1 aliphatic heterocycles. The maximum Gasteiger partial charge on any atom is 0.324 e. The molecule has 0 radical (unpaired) electrons. The summed E-state index contributed by atoms with van der Waals surface area (Å²) in [6.45, 7) is -0.452. The van der Waals surface area contributed by atoms with Gasteiger partial charge in [0, 0.05) is 6.07 Å². The zero-order chi connectivity index (χ0) is 13.3. The normalized spacial score (nSPS) is 15.4. The lowest BCUT2D eigenvalue weighted by Gasteiger charge is -2.24. The molecule has 1 saturated heterocycles. The molecule has 0 bridgehead atoms. The van der Waals surface area contributed by atoms with Gasteiger partial charge in [-0.25, -0.2) is 0 Å². The maximum absolute atomic E-state index is 11.9. The number of piperazine rings is 1. The molecular formula is C9H7N3O5S. The zero-order valence-corrected chi connectivity index (χ0v) is 9.73. The van der Waals surface area contributed by atoms with E-state index in [1.54, 1.807) is 0 Å². The van der Waals surface area contributed by atoms with Crippen molar-refractivity contribution < 1.29 is 19.3 Å². The summed E-state index contributed by atoms with van der Waals surface area (Å²) in [5.74, 6) is -1.69. The number of thiophene rings is 1. The van der Waals surface area contributed by atoms with Crippen molar-refractivity contribution in [2.45, 2.75) is 0 Å². The second-order valence-electron chi connectivity index (χ2n) is 3.53. The Kier molecular flexibility index (Phi) is 3.06. The van der Waals surface area contributed by atoms with E-state index in [1.807, 2.05) is 0 Å². The summed E-state index contributed by atoms with van der Waals surface area (Å²) in [4.78, 5) is 45.2. The minimum Gasteiger partial charge on any atom is -0.319 e. The Morgan fingerprint density at radius 2 is 1.94 bits per heavy atom. The number of imide groups is 1. The molecule has 1 aliphatic rings. The van der Waals surface area contributed by atoms with Crippen LogP contribution >= 0.6 is 11.3 Å². The number of carbonyl (C=O) groups excluding carboxylic acids is 3. The van der Waals surface area contributed by atoms with Crippen molar-refractivity contribution in [1.29, 1.82) is 0 Å². The fourth-order valence-corrected chi connectivity index (χ4v) is 2.27. The van der Waals surface area contributed by atoms with Crippen molar-refractivity contribution in [2.75, 3.05) is 13.1 Å². The average Bonchev–Trinajstić information content (AvgIpc) is 2.75. The highest BCUT2D eigenvalue weighted by molar-refractivity contribution is 7.17. The molecule has 0 saturated carbocycles. The van der Waals surface area contributed by atoms with Gasteiger partial charge in [-0.1, -0.05) is 11.3 Å². The van der Waals surface area contributed by atoms with E-state index in [4.69, 9.17) is 0 Å². The number of nitrogens with zero attached hydrogens (tertiary/aromatic N) is 2. The van der Waals surface area contributed by atoms with Gasteiger partial charge in [-0.05, 0) is 6.07 Å². The fraction of sp³-hybridized carbons (Fsp3) is 0.222. The molecule has 1 fully saturated rings. The lowest BCUT2D eigenvalue weighted by molar-refractivity contribution is -0.380. The van der Waals surface area contributed by atoms with Gasteiger partial charge in [-0.2, -0.15) is 0 Å². The first-order valence-corrected chi connectivity index (χ1v) is 5.65. The quantitative estimate of drug-likeness (QED) is 0.452.